The van der Waals surface area contributed by atoms with Gasteiger partial charge in [-0.2, -0.15) is 0 Å². The van der Waals surface area contributed by atoms with Gasteiger partial charge in [0, 0.05) is 39.5 Å². The molecule has 0 N–H and O–H groups in total. The summed E-state index contributed by atoms with van der Waals surface area (Å²) >= 11 is 0. The van der Waals surface area contributed by atoms with Crippen LogP contribution in [0.2, 0.25) is 0 Å². The Kier molecular flexibility index (Phi) is 5.28. The summed E-state index contributed by atoms with van der Waals surface area (Å²) in [4.78, 5) is 2.66. The van der Waals surface area contributed by atoms with Gasteiger partial charge in [0.2, 0.25) is 0 Å². The van der Waals surface area contributed by atoms with E-state index in [-0.39, 0.29) is 0 Å². The lowest BCUT2D eigenvalue weighted by molar-refractivity contribution is 0.0344. The van der Waals surface area contributed by atoms with E-state index >= 15 is 0 Å². The smallest absolute Gasteiger partial charge is 0.0741 e. The molecule has 116 valence electrons. The first kappa shape index (κ1) is 15.0. The van der Waals surface area contributed by atoms with Crippen LogP contribution in [-0.4, -0.2) is 50.5 Å². The number of benzene rings is 1. The summed E-state index contributed by atoms with van der Waals surface area (Å²) in [7, 11) is 1.86. The van der Waals surface area contributed by atoms with E-state index in [1.54, 1.807) is 0 Å². The molecule has 2 aliphatic rings. The molecule has 0 amide bonds. The quantitative estimate of drug-likeness (QED) is 0.832. The lowest BCUT2D eigenvalue weighted by Crippen LogP contribution is -2.41. The average Bonchev–Trinajstić information content (AvgIpc) is 2.91. The molecule has 0 saturated carbocycles. The highest BCUT2D eigenvalue weighted by Gasteiger charge is 2.35. The predicted octanol–water partition coefficient (Wildman–Crippen LogP) is 2.75. The summed E-state index contributed by atoms with van der Waals surface area (Å²) in [6, 6.07) is 11.4. The first-order valence-electron chi connectivity index (χ1n) is 8.25. The number of methoxy groups -OCH3 is 1. The van der Waals surface area contributed by atoms with Crippen molar-refractivity contribution in [2.75, 3.05) is 33.4 Å². The highest BCUT2D eigenvalue weighted by atomic mass is 16.5. The van der Waals surface area contributed by atoms with Crippen LogP contribution in [0.1, 0.15) is 24.8 Å². The van der Waals surface area contributed by atoms with Crippen molar-refractivity contribution in [2.24, 2.45) is 5.92 Å². The topological polar surface area (TPSA) is 21.7 Å². The Hall–Kier alpha value is -0.900. The van der Waals surface area contributed by atoms with Crippen LogP contribution >= 0.6 is 0 Å². The fraction of sp³-hybridized carbons (Fsp3) is 0.667. The number of hydrogen-bond donors (Lipinski definition) is 0. The molecule has 2 saturated heterocycles. The molecule has 21 heavy (non-hydrogen) atoms. The van der Waals surface area contributed by atoms with Crippen LogP contribution in [0.5, 0.6) is 0 Å². The van der Waals surface area contributed by atoms with Gasteiger partial charge in [0.05, 0.1) is 6.10 Å². The second kappa shape index (κ2) is 7.39. The molecule has 0 aromatic heterocycles. The van der Waals surface area contributed by atoms with E-state index in [1.165, 1.54) is 31.5 Å². The van der Waals surface area contributed by atoms with Gasteiger partial charge in [0.25, 0.3) is 0 Å². The van der Waals surface area contributed by atoms with Gasteiger partial charge in [-0.25, -0.2) is 0 Å². The molecule has 2 atom stereocenters. The van der Waals surface area contributed by atoms with Gasteiger partial charge >= 0.3 is 0 Å². The van der Waals surface area contributed by atoms with Crippen LogP contribution in [0, 0.1) is 5.92 Å². The Morgan fingerprint density at radius 2 is 1.90 bits per heavy atom. The van der Waals surface area contributed by atoms with E-state index in [1.807, 2.05) is 7.11 Å². The molecule has 1 aromatic rings. The Balaban J connectivity index is 1.64. The fourth-order valence-corrected chi connectivity index (χ4v) is 3.76. The maximum Gasteiger partial charge on any atom is 0.0741 e. The maximum atomic E-state index is 5.75. The number of hydrogen-bond acceptors (Lipinski definition) is 3. The number of rotatable bonds is 5. The molecule has 1 aromatic carbocycles. The van der Waals surface area contributed by atoms with E-state index in [2.05, 4.69) is 35.2 Å². The Morgan fingerprint density at radius 1 is 1.14 bits per heavy atom. The average molecular weight is 289 g/mol. The van der Waals surface area contributed by atoms with Gasteiger partial charge < -0.3 is 9.47 Å². The standard InChI is InChI=1S/C18H27NO2/c1-20-18-7-10-19(14-16-8-11-21-12-9-16)17(18)13-15-5-3-2-4-6-15/h2-6,16-18H,7-14H2,1H3/t17-,18+/m0/s1. The van der Waals surface area contributed by atoms with Gasteiger partial charge in [-0.15, -0.1) is 0 Å². The lowest BCUT2D eigenvalue weighted by atomic mass is 9.97. The zero-order valence-corrected chi connectivity index (χ0v) is 13.0. The monoisotopic (exact) mass is 289 g/mol. The van der Waals surface area contributed by atoms with E-state index in [4.69, 9.17) is 9.47 Å². The minimum Gasteiger partial charge on any atom is -0.381 e. The summed E-state index contributed by atoms with van der Waals surface area (Å²) in [5, 5.41) is 0. The molecular weight excluding hydrogens is 262 g/mol. The van der Waals surface area contributed by atoms with Crippen molar-refractivity contribution in [1.82, 2.24) is 4.90 Å². The molecule has 2 aliphatic heterocycles. The molecule has 0 radical (unpaired) electrons. The van der Waals surface area contributed by atoms with Gasteiger partial charge in [-0.05, 0) is 37.2 Å². The van der Waals surface area contributed by atoms with Crippen molar-refractivity contribution in [1.29, 1.82) is 0 Å². The molecule has 0 aliphatic carbocycles. The van der Waals surface area contributed by atoms with Crippen molar-refractivity contribution in [3.8, 4) is 0 Å². The fourth-order valence-electron chi connectivity index (χ4n) is 3.76. The van der Waals surface area contributed by atoms with E-state index in [0.717, 1.165) is 32.0 Å². The maximum absolute atomic E-state index is 5.75. The molecule has 2 fully saturated rings. The number of likely N-dealkylation sites (tertiary alicyclic amines) is 1. The zero-order valence-electron chi connectivity index (χ0n) is 13.0. The summed E-state index contributed by atoms with van der Waals surface area (Å²) in [5.74, 6) is 0.799. The third kappa shape index (κ3) is 3.85. The number of nitrogens with zero attached hydrogens (tertiary/aromatic N) is 1. The molecule has 3 rings (SSSR count). The van der Waals surface area contributed by atoms with Crippen molar-refractivity contribution in [2.45, 2.75) is 37.8 Å². The van der Waals surface area contributed by atoms with Gasteiger partial charge in [0.1, 0.15) is 0 Å². The minimum absolute atomic E-state index is 0.380. The lowest BCUT2D eigenvalue weighted by Gasteiger charge is -2.32. The highest BCUT2D eigenvalue weighted by Crippen LogP contribution is 2.27. The summed E-state index contributed by atoms with van der Waals surface area (Å²) < 4.78 is 11.2. The molecule has 0 unspecified atom stereocenters. The van der Waals surface area contributed by atoms with Crippen molar-refractivity contribution in [3.63, 3.8) is 0 Å². The van der Waals surface area contributed by atoms with Gasteiger partial charge in [-0.3, -0.25) is 4.90 Å². The van der Waals surface area contributed by atoms with Crippen LogP contribution < -0.4 is 0 Å². The Morgan fingerprint density at radius 3 is 2.62 bits per heavy atom. The first-order valence-corrected chi connectivity index (χ1v) is 8.25. The predicted molar refractivity (Wildman–Crippen MR) is 84.5 cm³/mol. The molecule has 0 bridgehead atoms. The third-order valence-corrected chi connectivity index (χ3v) is 5.02. The summed E-state index contributed by atoms with van der Waals surface area (Å²) in [6.07, 6.45) is 5.07. The van der Waals surface area contributed by atoms with Gasteiger partial charge in [-0.1, -0.05) is 30.3 Å². The van der Waals surface area contributed by atoms with Gasteiger partial charge in [0.15, 0.2) is 0 Å². The molecular formula is C18H27NO2. The molecule has 3 heteroatoms. The Labute approximate surface area is 128 Å². The highest BCUT2D eigenvalue weighted by molar-refractivity contribution is 5.17. The second-order valence-corrected chi connectivity index (χ2v) is 6.37. The summed E-state index contributed by atoms with van der Waals surface area (Å²) in [5.41, 5.74) is 1.42. The zero-order chi connectivity index (χ0) is 14.5. The SMILES string of the molecule is CO[C@@H]1CCN(CC2CCOCC2)[C@H]1Cc1ccccc1. The van der Waals surface area contributed by atoms with E-state index in [9.17, 15) is 0 Å². The van der Waals surface area contributed by atoms with Crippen molar-refractivity contribution in [3.05, 3.63) is 35.9 Å². The van der Waals surface area contributed by atoms with Crippen molar-refractivity contribution < 1.29 is 9.47 Å². The van der Waals surface area contributed by atoms with Crippen LogP contribution in [0.4, 0.5) is 0 Å². The Bertz CT molecular complexity index is 416. The molecule has 2 heterocycles. The van der Waals surface area contributed by atoms with Crippen molar-refractivity contribution >= 4 is 0 Å². The second-order valence-electron chi connectivity index (χ2n) is 6.37. The summed E-state index contributed by atoms with van der Waals surface area (Å²) in [6.45, 7) is 4.26. The van der Waals surface area contributed by atoms with E-state index < -0.39 is 0 Å². The largest absolute Gasteiger partial charge is 0.381 e. The van der Waals surface area contributed by atoms with E-state index in [0.29, 0.717) is 12.1 Å². The molecule has 3 nitrogen and oxygen atoms in total. The third-order valence-electron chi connectivity index (χ3n) is 5.02. The van der Waals surface area contributed by atoms with Crippen LogP contribution in [-0.2, 0) is 15.9 Å². The number of ether oxygens (including phenoxy) is 2. The first-order chi connectivity index (χ1) is 10.4. The minimum atomic E-state index is 0.380. The normalized spacial score (nSPS) is 28.0. The van der Waals surface area contributed by atoms with Crippen LogP contribution in [0.25, 0.3) is 0 Å². The molecule has 0 spiro atoms. The van der Waals surface area contributed by atoms with Crippen LogP contribution in [0.3, 0.4) is 0 Å². The van der Waals surface area contributed by atoms with Crippen LogP contribution in [0.15, 0.2) is 30.3 Å².